The van der Waals surface area contributed by atoms with E-state index >= 15 is 0 Å². The van der Waals surface area contributed by atoms with Crippen molar-refractivity contribution in [1.82, 2.24) is 0 Å². The molecular formula is C12H15IN2O2. The molecule has 0 bridgehead atoms. The van der Waals surface area contributed by atoms with Gasteiger partial charge in [0.25, 0.3) is 0 Å². The SMILES string of the molecule is Cc1ccc(NC(=O)C2COCC2N)cc1I. The summed E-state index contributed by atoms with van der Waals surface area (Å²) in [5.41, 5.74) is 7.81. The van der Waals surface area contributed by atoms with E-state index in [2.05, 4.69) is 27.9 Å². The van der Waals surface area contributed by atoms with E-state index in [1.807, 2.05) is 25.1 Å². The Morgan fingerprint density at radius 3 is 2.88 bits per heavy atom. The van der Waals surface area contributed by atoms with Crippen LogP contribution in [0, 0.1) is 16.4 Å². The van der Waals surface area contributed by atoms with Crippen molar-refractivity contribution in [3.8, 4) is 0 Å². The molecule has 1 amide bonds. The molecular weight excluding hydrogens is 331 g/mol. The molecule has 1 heterocycles. The minimum absolute atomic E-state index is 0.0605. The fourth-order valence-electron chi connectivity index (χ4n) is 1.75. The number of hydrogen-bond donors (Lipinski definition) is 2. The minimum atomic E-state index is -0.242. The van der Waals surface area contributed by atoms with Crippen LogP contribution in [-0.4, -0.2) is 25.2 Å². The van der Waals surface area contributed by atoms with Gasteiger partial charge in [-0.15, -0.1) is 0 Å². The van der Waals surface area contributed by atoms with E-state index in [1.54, 1.807) is 0 Å². The molecule has 1 aliphatic rings. The van der Waals surface area contributed by atoms with Gasteiger partial charge in [-0.05, 0) is 47.2 Å². The predicted molar refractivity (Wildman–Crippen MR) is 74.8 cm³/mol. The molecule has 2 rings (SSSR count). The summed E-state index contributed by atoms with van der Waals surface area (Å²) < 4.78 is 6.32. The number of benzene rings is 1. The maximum Gasteiger partial charge on any atom is 0.231 e. The van der Waals surface area contributed by atoms with E-state index < -0.39 is 0 Å². The van der Waals surface area contributed by atoms with Gasteiger partial charge < -0.3 is 15.8 Å². The zero-order chi connectivity index (χ0) is 12.4. The normalized spacial score (nSPS) is 23.7. The lowest BCUT2D eigenvalue weighted by molar-refractivity contribution is -0.120. The van der Waals surface area contributed by atoms with Gasteiger partial charge in [0.05, 0.1) is 19.1 Å². The molecule has 2 atom stereocenters. The number of anilines is 1. The quantitative estimate of drug-likeness (QED) is 0.798. The number of carbonyl (C=O) groups excluding carboxylic acids is 1. The monoisotopic (exact) mass is 346 g/mol. The number of amides is 1. The summed E-state index contributed by atoms with van der Waals surface area (Å²) in [6, 6.07) is 5.65. The van der Waals surface area contributed by atoms with Gasteiger partial charge in [0.2, 0.25) is 5.91 Å². The summed E-state index contributed by atoms with van der Waals surface area (Å²) in [6.07, 6.45) is 0. The first-order valence-electron chi connectivity index (χ1n) is 5.48. The zero-order valence-corrected chi connectivity index (χ0v) is 11.7. The molecule has 3 N–H and O–H groups in total. The first-order chi connectivity index (χ1) is 8.08. The molecule has 5 heteroatoms. The van der Waals surface area contributed by atoms with Gasteiger partial charge in [0.15, 0.2) is 0 Å². The first kappa shape index (κ1) is 12.8. The lowest BCUT2D eigenvalue weighted by Gasteiger charge is -2.13. The molecule has 0 aliphatic carbocycles. The standard InChI is InChI=1S/C12H15IN2O2/c1-7-2-3-8(4-10(7)13)15-12(16)9-5-17-6-11(9)14/h2-4,9,11H,5-6,14H2,1H3,(H,15,16). The molecule has 1 aromatic carbocycles. The van der Waals surface area contributed by atoms with Crippen LogP contribution in [0.1, 0.15) is 5.56 Å². The third-order valence-electron chi connectivity index (χ3n) is 2.90. The first-order valence-corrected chi connectivity index (χ1v) is 6.56. The van der Waals surface area contributed by atoms with Crippen LogP contribution in [0.15, 0.2) is 18.2 Å². The molecule has 0 saturated carbocycles. The number of halogens is 1. The van der Waals surface area contributed by atoms with Crippen LogP contribution >= 0.6 is 22.6 Å². The molecule has 1 fully saturated rings. The van der Waals surface area contributed by atoms with Crippen LogP contribution in [0.4, 0.5) is 5.69 Å². The Labute approximate surface area is 114 Å². The van der Waals surface area contributed by atoms with Crippen LogP contribution in [0.3, 0.4) is 0 Å². The highest BCUT2D eigenvalue weighted by Crippen LogP contribution is 2.19. The minimum Gasteiger partial charge on any atom is -0.379 e. The lowest BCUT2D eigenvalue weighted by Crippen LogP contribution is -2.37. The van der Waals surface area contributed by atoms with Gasteiger partial charge in [0.1, 0.15) is 0 Å². The maximum absolute atomic E-state index is 11.9. The molecule has 2 unspecified atom stereocenters. The number of aryl methyl sites for hydroxylation is 1. The lowest BCUT2D eigenvalue weighted by atomic mass is 10.0. The van der Waals surface area contributed by atoms with Crippen molar-refractivity contribution < 1.29 is 9.53 Å². The summed E-state index contributed by atoms with van der Waals surface area (Å²) >= 11 is 2.25. The fraction of sp³-hybridized carbons (Fsp3) is 0.417. The van der Waals surface area contributed by atoms with E-state index in [0.29, 0.717) is 13.2 Å². The van der Waals surface area contributed by atoms with E-state index in [0.717, 1.165) is 9.26 Å². The number of carbonyl (C=O) groups is 1. The van der Waals surface area contributed by atoms with Gasteiger partial charge in [-0.25, -0.2) is 0 Å². The molecule has 1 aromatic rings. The van der Waals surface area contributed by atoms with Crippen LogP contribution < -0.4 is 11.1 Å². The number of nitrogens with one attached hydrogen (secondary N) is 1. The number of rotatable bonds is 2. The molecule has 0 spiro atoms. The van der Waals surface area contributed by atoms with Crippen LogP contribution in [0.2, 0.25) is 0 Å². The smallest absolute Gasteiger partial charge is 0.231 e. The van der Waals surface area contributed by atoms with Crippen molar-refractivity contribution in [3.63, 3.8) is 0 Å². The zero-order valence-electron chi connectivity index (χ0n) is 9.57. The molecule has 4 nitrogen and oxygen atoms in total. The molecule has 17 heavy (non-hydrogen) atoms. The highest BCUT2D eigenvalue weighted by atomic mass is 127. The summed E-state index contributed by atoms with van der Waals surface area (Å²) in [4.78, 5) is 11.9. The molecule has 92 valence electrons. The van der Waals surface area contributed by atoms with Crippen molar-refractivity contribution >= 4 is 34.2 Å². The summed E-state index contributed by atoms with van der Waals surface area (Å²) in [6.45, 7) is 2.91. The number of hydrogen-bond acceptors (Lipinski definition) is 3. The Morgan fingerprint density at radius 2 is 2.29 bits per heavy atom. The van der Waals surface area contributed by atoms with Crippen LogP contribution in [-0.2, 0) is 9.53 Å². The second-order valence-corrected chi connectivity index (χ2v) is 5.42. The summed E-state index contributed by atoms with van der Waals surface area (Å²) in [5, 5.41) is 2.88. The second kappa shape index (κ2) is 5.32. The van der Waals surface area contributed by atoms with Crippen molar-refractivity contribution in [3.05, 3.63) is 27.3 Å². The Hall–Kier alpha value is -0.660. The predicted octanol–water partition coefficient (Wildman–Crippen LogP) is 1.51. The van der Waals surface area contributed by atoms with Crippen molar-refractivity contribution in [2.24, 2.45) is 11.7 Å². The largest absolute Gasteiger partial charge is 0.379 e. The number of ether oxygens (including phenoxy) is 1. The Bertz CT molecular complexity index is 437. The summed E-state index contributed by atoms with van der Waals surface area (Å²) in [7, 11) is 0. The Kier molecular flexibility index (Phi) is 4.01. The highest BCUT2D eigenvalue weighted by Gasteiger charge is 2.31. The third-order valence-corrected chi connectivity index (χ3v) is 4.06. The number of nitrogens with two attached hydrogens (primary N) is 1. The topological polar surface area (TPSA) is 64.3 Å². The van der Waals surface area contributed by atoms with Crippen molar-refractivity contribution in [2.45, 2.75) is 13.0 Å². The van der Waals surface area contributed by atoms with E-state index in [9.17, 15) is 4.79 Å². The van der Waals surface area contributed by atoms with Crippen LogP contribution in [0.25, 0.3) is 0 Å². The van der Waals surface area contributed by atoms with E-state index in [-0.39, 0.29) is 17.9 Å². The Morgan fingerprint density at radius 1 is 1.53 bits per heavy atom. The van der Waals surface area contributed by atoms with Gasteiger partial charge in [-0.1, -0.05) is 6.07 Å². The molecule has 1 saturated heterocycles. The van der Waals surface area contributed by atoms with Gasteiger partial charge >= 0.3 is 0 Å². The molecule has 1 aliphatic heterocycles. The van der Waals surface area contributed by atoms with Crippen molar-refractivity contribution in [2.75, 3.05) is 18.5 Å². The van der Waals surface area contributed by atoms with Gasteiger partial charge in [0, 0.05) is 15.3 Å². The summed E-state index contributed by atoms with van der Waals surface area (Å²) in [5.74, 6) is -0.302. The second-order valence-electron chi connectivity index (χ2n) is 4.26. The molecule has 0 aromatic heterocycles. The average molecular weight is 346 g/mol. The van der Waals surface area contributed by atoms with Gasteiger partial charge in [-0.3, -0.25) is 4.79 Å². The Balaban J connectivity index is 2.05. The highest BCUT2D eigenvalue weighted by molar-refractivity contribution is 14.1. The fourth-order valence-corrected chi connectivity index (χ4v) is 2.26. The van der Waals surface area contributed by atoms with E-state index in [1.165, 1.54) is 5.56 Å². The third kappa shape index (κ3) is 2.97. The van der Waals surface area contributed by atoms with Crippen molar-refractivity contribution in [1.29, 1.82) is 0 Å². The van der Waals surface area contributed by atoms with Gasteiger partial charge in [-0.2, -0.15) is 0 Å². The molecule has 0 radical (unpaired) electrons. The average Bonchev–Trinajstić information content (AvgIpc) is 2.70. The van der Waals surface area contributed by atoms with Crippen LogP contribution in [0.5, 0.6) is 0 Å². The maximum atomic E-state index is 11.9. The van der Waals surface area contributed by atoms with E-state index in [4.69, 9.17) is 10.5 Å².